The summed E-state index contributed by atoms with van der Waals surface area (Å²) in [6.45, 7) is 0. The molecular weight excluding hydrogens is 326 g/mol. The van der Waals surface area contributed by atoms with E-state index in [2.05, 4.69) is 31.9 Å². The highest BCUT2D eigenvalue weighted by molar-refractivity contribution is 9.11. The molecule has 0 saturated heterocycles. The Kier molecular flexibility index (Phi) is 3.60. The lowest BCUT2D eigenvalue weighted by molar-refractivity contribution is -0.136. The fraction of sp³-hybridized carbons (Fsp3) is 0.125. The summed E-state index contributed by atoms with van der Waals surface area (Å²) in [5, 5.41) is 8.47. The third kappa shape index (κ3) is 2.30. The van der Waals surface area contributed by atoms with Crippen LogP contribution < -0.4 is 0 Å². The Morgan fingerprint density at radius 3 is 2.50 bits per heavy atom. The van der Waals surface area contributed by atoms with Crippen LogP contribution in [-0.2, 0) is 11.2 Å². The smallest absolute Gasteiger partial charge is 0.307 e. The molecule has 1 N–H and O–H groups in total. The quantitative estimate of drug-likeness (QED) is 0.846. The molecule has 14 heavy (non-hydrogen) atoms. The first-order valence-corrected chi connectivity index (χ1v) is 5.05. The zero-order valence-electron chi connectivity index (χ0n) is 6.65. The molecule has 0 bridgehead atoms. The van der Waals surface area contributed by atoms with E-state index < -0.39 is 24.0 Å². The average Bonchev–Trinajstić information content (AvgIpc) is 2.09. The molecule has 1 aromatic rings. The van der Waals surface area contributed by atoms with Gasteiger partial charge in [0.15, 0.2) is 0 Å². The van der Waals surface area contributed by atoms with Crippen molar-refractivity contribution in [3.63, 3.8) is 0 Å². The van der Waals surface area contributed by atoms with Gasteiger partial charge in [0.25, 0.3) is 0 Å². The van der Waals surface area contributed by atoms with Gasteiger partial charge in [-0.25, -0.2) is 8.78 Å². The highest BCUT2D eigenvalue weighted by atomic mass is 79.9. The Labute approximate surface area is 95.2 Å². The van der Waals surface area contributed by atoms with Crippen LogP contribution in [0.1, 0.15) is 5.56 Å². The molecule has 0 radical (unpaired) electrons. The van der Waals surface area contributed by atoms with Crippen molar-refractivity contribution < 1.29 is 18.7 Å². The van der Waals surface area contributed by atoms with E-state index in [0.717, 1.165) is 6.07 Å². The Morgan fingerprint density at radius 1 is 1.43 bits per heavy atom. The zero-order chi connectivity index (χ0) is 10.9. The van der Waals surface area contributed by atoms with Gasteiger partial charge in [-0.15, -0.1) is 0 Å². The largest absolute Gasteiger partial charge is 0.481 e. The standard InChI is InChI=1S/C8H4Br2F2O2/c9-4-2-5(11)7(10)3(8(4)12)1-6(13)14/h2H,1H2,(H,13,14). The summed E-state index contributed by atoms with van der Waals surface area (Å²) in [7, 11) is 0. The lowest BCUT2D eigenvalue weighted by Gasteiger charge is -2.06. The van der Waals surface area contributed by atoms with Crippen LogP contribution in [0.4, 0.5) is 8.78 Å². The van der Waals surface area contributed by atoms with Crippen molar-refractivity contribution in [1.82, 2.24) is 0 Å². The lowest BCUT2D eigenvalue weighted by Crippen LogP contribution is -2.05. The molecule has 0 unspecified atom stereocenters. The van der Waals surface area contributed by atoms with Crippen molar-refractivity contribution in [3.05, 3.63) is 32.2 Å². The molecule has 2 nitrogen and oxygen atoms in total. The summed E-state index contributed by atoms with van der Waals surface area (Å²) in [4.78, 5) is 10.4. The molecule has 0 amide bonds. The van der Waals surface area contributed by atoms with Gasteiger partial charge in [-0.3, -0.25) is 4.79 Å². The highest BCUT2D eigenvalue weighted by Crippen LogP contribution is 2.29. The lowest BCUT2D eigenvalue weighted by atomic mass is 10.1. The van der Waals surface area contributed by atoms with E-state index in [1.807, 2.05) is 0 Å². The molecule has 0 aliphatic rings. The van der Waals surface area contributed by atoms with Gasteiger partial charge in [0.05, 0.1) is 15.4 Å². The third-order valence-electron chi connectivity index (χ3n) is 1.53. The number of carbonyl (C=O) groups is 1. The fourth-order valence-corrected chi connectivity index (χ4v) is 1.80. The summed E-state index contributed by atoms with van der Waals surface area (Å²) in [5.74, 6) is -2.68. The van der Waals surface area contributed by atoms with Gasteiger partial charge in [-0.1, -0.05) is 0 Å². The molecule has 1 aromatic carbocycles. The fourth-order valence-electron chi connectivity index (χ4n) is 0.929. The number of carboxylic acids is 1. The van der Waals surface area contributed by atoms with Crippen molar-refractivity contribution in [1.29, 1.82) is 0 Å². The molecule has 0 atom stereocenters. The van der Waals surface area contributed by atoms with Crippen LogP contribution in [0.3, 0.4) is 0 Å². The highest BCUT2D eigenvalue weighted by Gasteiger charge is 2.17. The second-order valence-electron chi connectivity index (χ2n) is 2.52. The van der Waals surface area contributed by atoms with E-state index in [1.165, 1.54) is 0 Å². The van der Waals surface area contributed by atoms with Crippen molar-refractivity contribution in [3.8, 4) is 0 Å². The summed E-state index contributed by atoms with van der Waals surface area (Å²) in [6.07, 6.45) is -0.567. The van der Waals surface area contributed by atoms with Crippen LogP contribution in [0.2, 0.25) is 0 Å². The summed E-state index contributed by atoms with van der Waals surface area (Å²) in [6, 6.07) is 0.935. The zero-order valence-corrected chi connectivity index (χ0v) is 9.82. The van der Waals surface area contributed by atoms with E-state index in [1.54, 1.807) is 0 Å². The molecular formula is C8H4Br2F2O2. The Bertz CT molecular complexity index is 367. The molecule has 0 saturated carbocycles. The second-order valence-corrected chi connectivity index (χ2v) is 4.16. The van der Waals surface area contributed by atoms with Crippen LogP contribution in [-0.4, -0.2) is 11.1 Å². The van der Waals surface area contributed by atoms with E-state index >= 15 is 0 Å². The normalized spacial score (nSPS) is 10.3. The summed E-state index contributed by atoms with van der Waals surface area (Å²) in [5.41, 5.74) is -0.204. The monoisotopic (exact) mass is 328 g/mol. The molecule has 0 aliphatic heterocycles. The van der Waals surface area contributed by atoms with Crippen LogP contribution in [0.25, 0.3) is 0 Å². The molecule has 0 aromatic heterocycles. The number of aliphatic carboxylic acids is 1. The summed E-state index contributed by atoms with van der Waals surface area (Å²) >= 11 is 5.59. The SMILES string of the molecule is O=C(O)Cc1c(F)c(Br)cc(F)c1Br. The van der Waals surface area contributed by atoms with Gasteiger partial charge in [-0.2, -0.15) is 0 Å². The third-order valence-corrected chi connectivity index (χ3v) is 2.97. The average molecular weight is 330 g/mol. The first-order valence-electron chi connectivity index (χ1n) is 3.47. The van der Waals surface area contributed by atoms with Crippen LogP contribution in [0.15, 0.2) is 15.0 Å². The first-order chi connectivity index (χ1) is 6.43. The maximum atomic E-state index is 13.3. The van der Waals surface area contributed by atoms with Gasteiger partial charge < -0.3 is 5.11 Å². The Morgan fingerprint density at radius 2 is 2.00 bits per heavy atom. The van der Waals surface area contributed by atoms with Gasteiger partial charge >= 0.3 is 5.97 Å². The predicted octanol–water partition coefficient (Wildman–Crippen LogP) is 3.12. The number of rotatable bonds is 2. The minimum Gasteiger partial charge on any atom is -0.481 e. The Hall–Kier alpha value is -0.490. The van der Waals surface area contributed by atoms with Gasteiger partial charge in [0.1, 0.15) is 11.6 Å². The van der Waals surface area contributed by atoms with E-state index in [0.29, 0.717) is 0 Å². The molecule has 0 aliphatic carbocycles. The predicted molar refractivity (Wildman–Crippen MR) is 53.1 cm³/mol. The van der Waals surface area contributed by atoms with Crippen LogP contribution in [0, 0.1) is 11.6 Å². The van der Waals surface area contributed by atoms with E-state index in [9.17, 15) is 13.6 Å². The van der Waals surface area contributed by atoms with E-state index in [-0.39, 0.29) is 14.5 Å². The van der Waals surface area contributed by atoms with Crippen LogP contribution >= 0.6 is 31.9 Å². The van der Waals surface area contributed by atoms with Gasteiger partial charge in [0.2, 0.25) is 0 Å². The molecule has 0 spiro atoms. The number of halogens is 4. The molecule has 1 rings (SSSR count). The number of hydrogen-bond donors (Lipinski definition) is 1. The van der Waals surface area contributed by atoms with Crippen molar-refractivity contribution >= 4 is 37.8 Å². The molecule has 76 valence electrons. The van der Waals surface area contributed by atoms with Gasteiger partial charge in [0, 0.05) is 5.56 Å². The first kappa shape index (κ1) is 11.6. The number of hydrogen-bond acceptors (Lipinski definition) is 1. The van der Waals surface area contributed by atoms with Crippen molar-refractivity contribution in [2.45, 2.75) is 6.42 Å². The topological polar surface area (TPSA) is 37.3 Å². The minimum atomic E-state index is -1.22. The number of benzene rings is 1. The summed E-state index contributed by atoms with van der Waals surface area (Å²) < 4.78 is 26.1. The van der Waals surface area contributed by atoms with E-state index in [4.69, 9.17) is 5.11 Å². The maximum Gasteiger partial charge on any atom is 0.307 e. The maximum absolute atomic E-state index is 13.3. The number of carboxylic acid groups (broad SMARTS) is 1. The van der Waals surface area contributed by atoms with Gasteiger partial charge in [-0.05, 0) is 37.9 Å². The van der Waals surface area contributed by atoms with Crippen LogP contribution in [0.5, 0.6) is 0 Å². The molecule has 6 heteroatoms. The second kappa shape index (κ2) is 4.35. The Balaban J connectivity index is 3.31. The molecule has 0 fully saturated rings. The molecule has 0 heterocycles. The van der Waals surface area contributed by atoms with Crippen molar-refractivity contribution in [2.75, 3.05) is 0 Å². The van der Waals surface area contributed by atoms with Crippen molar-refractivity contribution in [2.24, 2.45) is 0 Å². The minimum absolute atomic E-state index is 0.0885.